The molecule has 204 valence electrons. The Hall–Kier alpha value is -3.36. The highest BCUT2D eigenvalue weighted by molar-refractivity contribution is 7.19. The molecule has 0 saturated carbocycles. The van der Waals surface area contributed by atoms with Crippen molar-refractivity contribution in [2.75, 3.05) is 52.4 Å². The zero-order valence-corrected chi connectivity index (χ0v) is 23.9. The normalized spacial score (nSPS) is 15.8. The summed E-state index contributed by atoms with van der Waals surface area (Å²) in [5, 5.41) is 1.32. The SMILES string of the molecule is COc1ccc(C[NH+]2CCN(c3nc(Cc4ccccc4)nc4sc5c(c34)CCCC5)CC2)c(OC)c1OC. The van der Waals surface area contributed by atoms with E-state index in [9.17, 15) is 0 Å². The van der Waals surface area contributed by atoms with Crippen LogP contribution in [0.5, 0.6) is 17.2 Å². The molecule has 0 amide bonds. The first kappa shape index (κ1) is 25.9. The number of thiophene rings is 1. The van der Waals surface area contributed by atoms with Crippen molar-refractivity contribution < 1.29 is 19.1 Å². The van der Waals surface area contributed by atoms with Crippen LogP contribution in [0.1, 0.15) is 40.2 Å². The fraction of sp³-hybridized carbons (Fsp3) is 0.419. The molecule has 6 rings (SSSR count). The Morgan fingerprint density at radius 3 is 2.38 bits per heavy atom. The number of quaternary nitrogens is 1. The van der Waals surface area contributed by atoms with E-state index in [-0.39, 0.29) is 0 Å². The lowest BCUT2D eigenvalue weighted by Gasteiger charge is -2.34. The van der Waals surface area contributed by atoms with Gasteiger partial charge in [0.05, 0.1) is 58.5 Å². The Balaban J connectivity index is 1.26. The van der Waals surface area contributed by atoms with E-state index in [1.165, 1.54) is 50.4 Å². The van der Waals surface area contributed by atoms with Crippen LogP contribution in [0.15, 0.2) is 42.5 Å². The van der Waals surface area contributed by atoms with Crippen LogP contribution in [-0.2, 0) is 25.8 Å². The Morgan fingerprint density at radius 1 is 0.872 bits per heavy atom. The summed E-state index contributed by atoms with van der Waals surface area (Å²) in [5.41, 5.74) is 3.90. The number of rotatable bonds is 8. The highest BCUT2D eigenvalue weighted by Crippen LogP contribution is 2.41. The van der Waals surface area contributed by atoms with Gasteiger partial charge in [-0.2, -0.15) is 0 Å². The number of aryl methyl sites for hydroxylation is 2. The molecule has 1 N–H and O–H groups in total. The van der Waals surface area contributed by atoms with Crippen molar-refractivity contribution in [3.8, 4) is 17.2 Å². The van der Waals surface area contributed by atoms with E-state index in [0.29, 0.717) is 11.5 Å². The number of anilines is 1. The van der Waals surface area contributed by atoms with E-state index in [4.69, 9.17) is 24.2 Å². The lowest BCUT2D eigenvalue weighted by molar-refractivity contribution is -0.914. The number of hydrogen-bond donors (Lipinski definition) is 1. The third-order valence-electron chi connectivity index (χ3n) is 8.04. The predicted molar refractivity (Wildman–Crippen MR) is 156 cm³/mol. The Labute approximate surface area is 234 Å². The van der Waals surface area contributed by atoms with Crippen LogP contribution in [0.3, 0.4) is 0 Å². The van der Waals surface area contributed by atoms with Gasteiger partial charge in [-0.05, 0) is 48.9 Å². The van der Waals surface area contributed by atoms with Crippen LogP contribution in [0.25, 0.3) is 10.2 Å². The van der Waals surface area contributed by atoms with Crippen molar-refractivity contribution in [3.63, 3.8) is 0 Å². The molecular weight excluding hydrogens is 508 g/mol. The fourth-order valence-corrected chi connectivity index (χ4v) is 7.33. The summed E-state index contributed by atoms with van der Waals surface area (Å²) in [7, 11) is 5.01. The van der Waals surface area contributed by atoms with Crippen LogP contribution in [0.2, 0.25) is 0 Å². The largest absolute Gasteiger partial charge is 0.493 e. The number of ether oxygens (including phenoxy) is 3. The second-order valence-electron chi connectivity index (χ2n) is 10.4. The molecule has 2 aliphatic rings. The van der Waals surface area contributed by atoms with Crippen molar-refractivity contribution in [1.29, 1.82) is 0 Å². The first-order chi connectivity index (χ1) is 19.2. The molecule has 2 aromatic carbocycles. The summed E-state index contributed by atoms with van der Waals surface area (Å²) in [6.07, 6.45) is 5.62. The molecule has 7 nitrogen and oxygen atoms in total. The van der Waals surface area contributed by atoms with Gasteiger partial charge in [0.15, 0.2) is 11.5 Å². The summed E-state index contributed by atoms with van der Waals surface area (Å²) in [6, 6.07) is 14.6. The minimum atomic E-state index is 0.659. The molecular formula is C31H37N4O3S+. The van der Waals surface area contributed by atoms with Gasteiger partial charge in [0.1, 0.15) is 23.0 Å². The summed E-state index contributed by atoms with van der Waals surface area (Å²) >= 11 is 1.90. The average molecular weight is 546 g/mol. The first-order valence-electron chi connectivity index (χ1n) is 13.9. The lowest BCUT2D eigenvalue weighted by Crippen LogP contribution is -3.13. The maximum Gasteiger partial charge on any atom is 0.203 e. The van der Waals surface area contributed by atoms with Crippen LogP contribution in [-0.4, -0.2) is 57.5 Å². The predicted octanol–water partition coefficient (Wildman–Crippen LogP) is 4.09. The third kappa shape index (κ3) is 5.15. The number of methoxy groups -OCH3 is 3. The first-order valence-corrected chi connectivity index (χ1v) is 14.7. The molecule has 0 bridgehead atoms. The maximum atomic E-state index is 5.75. The molecule has 1 aliphatic heterocycles. The summed E-state index contributed by atoms with van der Waals surface area (Å²) in [5.74, 6) is 4.18. The monoisotopic (exact) mass is 545 g/mol. The Bertz CT molecular complexity index is 1450. The quantitative estimate of drug-likeness (QED) is 0.360. The van der Waals surface area contributed by atoms with Crippen molar-refractivity contribution >= 4 is 27.4 Å². The number of benzene rings is 2. The molecule has 4 aromatic rings. The molecule has 1 aliphatic carbocycles. The van der Waals surface area contributed by atoms with Crippen molar-refractivity contribution in [3.05, 3.63) is 69.9 Å². The summed E-state index contributed by atoms with van der Waals surface area (Å²) in [4.78, 5) is 17.1. The topological polar surface area (TPSA) is 61.2 Å². The zero-order chi connectivity index (χ0) is 26.8. The van der Waals surface area contributed by atoms with E-state index >= 15 is 0 Å². The lowest BCUT2D eigenvalue weighted by atomic mass is 9.96. The van der Waals surface area contributed by atoms with Gasteiger partial charge in [0.2, 0.25) is 5.75 Å². The van der Waals surface area contributed by atoms with Gasteiger partial charge < -0.3 is 24.0 Å². The Kier molecular flexibility index (Phi) is 7.57. The second kappa shape index (κ2) is 11.4. The standard InChI is InChI=1S/C31H36N4O3S/c1-36-24-14-13-22(28(37-2)29(24)38-3)20-34-15-17-35(18-16-34)30-27-23-11-7-8-12-25(23)39-31(27)33-26(32-30)19-21-9-5-4-6-10-21/h4-6,9-10,13-14H,7-8,11-12,15-20H2,1-3H3/p+1. The van der Waals surface area contributed by atoms with E-state index in [0.717, 1.165) is 68.5 Å². The van der Waals surface area contributed by atoms with E-state index in [2.05, 4.69) is 41.3 Å². The minimum absolute atomic E-state index is 0.659. The van der Waals surface area contributed by atoms with Crippen molar-refractivity contribution in [2.45, 2.75) is 38.6 Å². The molecule has 39 heavy (non-hydrogen) atoms. The van der Waals surface area contributed by atoms with E-state index < -0.39 is 0 Å². The highest BCUT2D eigenvalue weighted by Gasteiger charge is 2.28. The Morgan fingerprint density at radius 2 is 1.64 bits per heavy atom. The van der Waals surface area contributed by atoms with Crippen LogP contribution in [0.4, 0.5) is 5.82 Å². The number of nitrogens with zero attached hydrogens (tertiary/aromatic N) is 3. The number of fused-ring (bicyclic) bond motifs is 3. The van der Waals surface area contributed by atoms with Gasteiger partial charge in [-0.25, -0.2) is 9.97 Å². The molecule has 0 spiro atoms. The average Bonchev–Trinajstić information content (AvgIpc) is 3.36. The van der Waals surface area contributed by atoms with E-state index in [1.807, 2.05) is 17.4 Å². The molecule has 0 unspecified atom stereocenters. The van der Waals surface area contributed by atoms with Crippen molar-refractivity contribution in [1.82, 2.24) is 9.97 Å². The zero-order valence-electron chi connectivity index (χ0n) is 23.1. The molecule has 8 heteroatoms. The summed E-state index contributed by atoms with van der Waals surface area (Å²) in [6.45, 7) is 4.87. The number of nitrogens with one attached hydrogen (secondary N) is 1. The van der Waals surface area contributed by atoms with Gasteiger partial charge in [-0.15, -0.1) is 11.3 Å². The van der Waals surface area contributed by atoms with Gasteiger partial charge in [-0.1, -0.05) is 30.3 Å². The molecule has 2 aromatic heterocycles. The molecule has 1 fully saturated rings. The van der Waals surface area contributed by atoms with Crippen LogP contribution >= 0.6 is 11.3 Å². The number of aromatic nitrogens is 2. The van der Waals surface area contributed by atoms with Crippen LogP contribution in [0, 0.1) is 0 Å². The van der Waals surface area contributed by atoms with Gasteiger partial charge >= 0.3 is 0 Å². The summed E-state index contributed by atoms with van der Waals surface area (Å²) < 4.78 is 16.8. The maximum absolute atomic E-state index is 5.75. The number of piperazine rings is 1. The second-order valence-corrected chi connectivity index (χ2v) is 11.5. The molecule has 0 radical (unpaired) electrons. The van der Waals surface area contributed by atoms with Crippen LogP contribution < -0.4 is 24.0 Å². The number of hydrogen-bond acceptors (Lipinski definition) is 7. The molecule has 0 atom stereocenters. The van der Waals surface area contributed by atoms with E-state index in [1.54, 1.807) is 21.3 Å². The third-order valence-corrected chi connectivity index (χ3v) is 9.23. The van der Waals surface area contributed by atoms with Gasteiger partial charge in [0, 0.05) is 11.3 Å². The highest BCUT2D eigenvalue weighted by atomic mass is 32.1. The molecule has 3 heterocycles. The fourth-order valence-electron chi connectivity index (χ4n) is 6.05. The van der Waals surface area contributed by atoms with Crippen molar-refractivity contribution in [2.24, 2.45) is 0 Å². The minimum Gasteiger partial charge on any atom is -0.493 e. The molecule has 1 saturated heterocycles. The smallest absolute Gasteiger partial charge is 0.203 e. The van der Waals surface area contributed by atoms with Gasteiger partial charge in [0.25, 0.3) is 0 Å². The van der Waals surface area contributed by atoms with Gasteiger partial charge in [-0.3, -0.25) is 0 Å².